The fourth-order valence-corrected chi connectivity index (χ4v) is 1.62. The smallest absolute Gasteiger partial charge is 0.313 e. The Morgan fingerprint density at radius 3 is 2.69 bits per heavy atom. The van der Waals surface area contributed by atoms with E-state index >= 15 is 0 Å². The summed E-state index contributed by atoms with van der Waals surface area (Å²) >= 11 is 0. The maximum atomic E-state index is 13.0. The lowest BCUT2D eigenvalue weighted by Crippen LogP contribution is -2.21. The van der Waals surface area contributed by atoms with Crippen LogP contribution in [0.3, 0.4) is 0 Å². The van der Waals surface area contributed by atoms with Crippen molar-refractivity contribution in [3.63, 3.8) is 0 Å². The summed E-state index contributed by atoms with van der Waals surface area (Å²) in [5.41, 5.74) is 0.563. The van der Waals surface area contributed by atoms with E-state index < -0.39 is 11.7 Å². The van der Waals surface area contributed by atoms with Crippen molar-refractivity contribution < 1.29 is 13.9 Å². The average molecular weight is 225 g/mol. The molecule has 0 spiro atoms. The second-order valence-electron chi connectivity index (χ2n) is 3.91. The van der Waals surface area contributed by atoms with Crippen LogP contribution in [0, 0.1) is 11.7 Å². The Hall–Kier alpha value is -1.45. The fraction of sp³-hybridized carbons (Fsp3) is 0.500. The van der Waals surface area contributed by atoms with Gasteiger partial charge in [0.1, 0.15) is 5.82 Å². The second kappa shape index (κ2) is 5.58. The molecule has 1 atom stereocenters. The van der Waals surface area contributed by atoms with Crippen molar-refractivity contribution in [2.45, 2.75) is 26.7 Å². The quantitative estimate of drug-likeness (QED) is 0.739. The summed E-state index contributed by atoms with van der Waals surface area (Å²) in [5, 5.41) is 0. The highest BCUT2D eigenvalue weighted by Crippen LogP contribution is 2.25. The molecule has 0 aliphatic rings. The molecule has 4 heteroatoms. The molecule has 0 saturated heterocycles. The van der Waals surface area contributed by atoms with Crippen LogP contribution in [0.2, 0.25) is 0 Å². The zero-order valence-electron chi connectivity index (χ0n) is 9.74. The number of halogens is 1. The van der Waals surface area contributed by atoms with E-state index in [9.17, 15) is 9.18 Å². The average Bonchev–Trinajstić information content (AvgIpc) is 2.17. The predicted octanol–water partition coefficient (Wildman–Crippen LogP) is 2.52. The first-order valence-corrected chi connectivity index (χ1v) is 5.33. The lowest BCUT2D eigenvalue weighted by atomic mass is 9.89. The molecule has 88 valence electrons. The first-order valence-electron chi connectivity index (χ1n) is 5.33. The molecule has 0 aromatic carbocycles. The predicted molar refractivity (Wildman–Crippen MR) is 58.4 cm³/mol. The molecule has 1 heterocycles. The van der Waals surface area contributed by atoms with Crippen LogP contribution in [-0.2, 0) is 9.53 Å². The maximum Gasteiger partial charge on any atom is 0.313 e. The minimum absolute atomic E-state index is 0.0441. The molecule has 1 aromatic heterocycles. The number of hydrogen-bond acceptors (Lipinski definition) is 3. The minimum atomic E-state index is -0.455. The number of hydrogen-bond donors (Lipinski definition) is 0. The lowest BCUT2D eigenvalue weighted by Gasteiger charge is -2.18. The second-order valence-corrected chi connectivity index (χ2v) is 3.91. The topological polar surface area (TPSA) is 39.2 Å². The van der Waals surface area contributed by atoms with E-state index in [-0.39, 0.29) is 11.9 Å². The van der Waals surface area contributed by atoms with Gasteiger partial charge in [-0.2, -0.15) is 0 Å². The Kier molecular flexibility index (Phi) is 4.40. The van der Waals surface area contributed by atoms with Crippen molar-refractivity contribution in [1.82, 2.24) is 4.98 Å². The summed E-state index contributed by atoms with van der Waals surface area (Å²) in [6.45, 7) is 5.86. The van der Waals surface area contributed by atoms with Gasteiger partial charge in [0.2, 0.25) is 0 Å². The molecule has 0 saturated carbocycles. The zero-order valence-corrected chi connectivity index (χ0v) is 9.74. The molecule has 1 unspecified atom stereocenters. The Bertz CT molecular complexity index is 366. The summed E-state index contributed by atoms with van der Waals surface area (Å²) in [6, 6.07) is 1.33. The van der Waals surface area contributed by atoms with Gasteiger partial charge in [0.15, 0.2) is 0 Å². The maximum absolute atomic E-state index is 13.0. The highest BCUT2D eigenvalue weighted by Gasteiger charge is 2.26. The van der Waals surface area contributed by atoms with E-state index in [0.717, 1.165) is 6.20 Å². The summed E-state index contributed by atoms with van der Waals surface area (Å²) < 4.78 is 18.0. The van der Waals surface area contributed by atoms with Gasteiger partial charge in [0.05, 0.1) is 18.7 Å². The van der Waals surface area contributed by atoms with Crippen molar-refractivity contribution in [1.29, 1.82) is 0 Å². The van der Waals surface area contributed by atoms with E-state index in [1.165, 1.54) is 12.3 Å². The van der Waals surface area contributed by atoms with Crippen LogP contribution in [0.5, 0.6) is 0 Å². The van der Waals surface area contributed by atoms with Crippen LogP contribution >= 0.6 is 0 Å². The van der Waals surface area contributed by atoms with Crippen LogP contribution in [0.25, 0.3) is 0 Å². The van der Waals surface area contributed by atoms with Gasteiger partial charge in [-0.3, -0.25) is 9.78 Å². The molecule has 0 aliphatic carbocycles. The van der Waals surface area contributed by atoms with Crippen molar-refractivity contribution in [3.05, 3.63) is 29.8 Å². The minimum Gasteiger partial charge on any atom is -0.466 e. The molecular formula is C12H16FNO2. The molecule has 3 nitrogen and oxygen atoms in total. The highest BCUT2D eigenvalue weighted by molar-refractivity contribution is 5.78. The van der Waals surface area contributed by atoms with Gasteiger partial charge in [-0.1, -0.05) is 13.8 Å². The Balaban J connectivity index is 2.98. The molecule has 1 rings (SSSR count). The largest absolute Gasteiger partial charge is 0.466 e. The van der Waals surface area contributed by atoms with Crippen LogP contribution in [0.15, 0.2) is 18.5 Å². The monoisotopic (exact) mass is 225 g/mol. The van der Waals surface area contributed by atoms with E-state index in [1.807, 2.05) is 13.8 Å². The summed E-state index contributed by atoms with van der Waals surface area (Å²) in [6.07, 6.45) is 2.62. The lowest BCUT2D eigenvalue weighted by molar-refractivity contribution is -0.146. The van der Waals surface area contributed by atoms with E-state index in [4.69, 9.17) is 4.74 Å². The summed E-state index contributed by atoms with van der Waals surface area (Å²) in [4.78, 5) is 15.5. The Morgan fingerprint density at radius 1 is 1.50 bits per heavy atom. The molecule has 0 radical (unpaired) electrons. The van der Waals surface area contributed by atoms with Crippen LogP contribution < -0.4 is 0 Å². The van der Waals surface area contributed by atoms with E-state index in [0.29, 0.717) is 12.2 Å². The molecule has 0 amide bonds. The van der Waals surface area contributed by atoms with Crippen LogP contribution in [0.4, 0.5) is 4.39 Å². The molecular weight excluding hydrogens is 209 g/mol. The van der Waals surface area contributed by atoms with Gasteiger partial charge < -0.3 is 4.74 Å². The Morgan fingerprint density at radius 2 is 2.19 bits per heavy atom. The molecule has 1 aromatic rings. The Labute approximate surface area is 94.6 Å². The highest BCUT2D eigenvalue weighted by atomic mass is 19.1. The van der Waals surface area contributed by atoms with Gasteiger partial charge in [0.25, 0.3) is 0 Å². The van der Waals surface area contributed by atoms with Crippen molar-refractivity contribution in [3.8, 4) is 0 Å². The van der Waals surface area contributed by atoms with Crippen LogP contribution in [0.1, 0.15) is 32.3 Å². The third kappa shape index (κ3) is 3.02. The van der Waals surface area contributed by atoms with Crippen LogP contribution in [-0.4, -0.2) is 17.6 Å². The number of rotatable bonds is 4. The molecule has 0 bridgehead atoms. The summed E-state index contributed by atoms with van der Waals surface area (Å²) in [5.74, 6) is -1.18. The van der Waals surface area contributed by atoms with Crippen molar-refractivity contribution in [2.24, 2.45) is 5.92 Å². The molecule has 0 N–H and O–H groups in total. The van der Waals surface area contributed by atoms with E-state index in [2.05, 4.69) is 4.98 Å². The third-order valence-corrected chi connectivity index (χ3v) is 2.29. The normalized spacial score (nSPS) is 12.6. The summed E-state index contributed by atoms with van der Waals surface area (Å²) in [7, 11) is 0. The first-order chi connectivity index (χ1) is 7.56. The number of carbonyl (C=O) groups excluding carboxylic acids is 1. The third-order valence-electron chi connectivity index (χ3n) is 2.29. The molecule has 0 fully saturated rings. The zero-order chi connectivity index (χ0) is 12.1. The molecule has 0 aliphatic heterocycles. The van der Waals surface area contributed by atoms with Gasteiger partial charge in [-0.05, 0) is 24.5 Å². The van der Waals surface area contributed by atoms with Crippen molar-refractivity contribution in [2.75, 3.05) is 6.61 Å². The van der Waals surface area contributed by atoms with Crippen molar-refractivity contribution >= 4 is 5.97 Å². The van der Waals surface area contributed by atoms with Gasteiger partial charge in [-0.15, -0.1) is 0 Å². The number of pyridine rings is 1. The van der Waals surface area contributed by atoms with Gasteiger partial charge in [0, 0.05) is 6.20 Å². The number of carbonyl (C=O) groups is 1. The van der Waals surface area contributed by atoms with Gasteiger partial charge >= 0.3 is 5.97 Å². The SMILES string of the molecule is CCOC(=O)C(c1cncc(F)c1)C(C)C. The number of nitrogens with zero attached hydrogens (tertiary/aromatic N) is 1. The number of ether oxygens (including phenoxy) is 1. The number of esters is 1. The number of aromatic nitrogens is 1. The molecule has 16 heavy (non-hydrogen) atoms. The first kappa shape index (κ1) is 12.6. The van der Waals surface area contributed by atoms with Gasteiger partial charge in [-0.25, -0.2) is 4.39 Å². The fourth-order valence-electron chi connectivity index (χ4n) is 1.62. The standard InChI is InChI=1S/C12H16FNO2/c1-4-16-12(15)11(8(2)3)9-5-10(13)7-14-6-9/h5-8,11H,4H2,1-3H3. The van der Waals surface area contributed by atoms with E-state index in [1.54, 1.807) is 6.92 Å².